The van der Waals surface area contributed by atoms with Gasteiger partial charge in [-0.05, 0) is 43.7 Å². The van der Waals surface area contributed by atoms with E-state index >= 15 is 0 Å². The third-order valence-electron chi connectivity index (χ3n) is 5.66. The lowest BCUT2D eigenvalue weighted by Crippen LogP contribution is -2.40. The third kappa shape index (κ3) is 7.91. The van der Waals surface area contributed by atoms with Crippen molar-refractivity contribution >= 4 is 41.5 Å². The van der Waals surface area contributed by atoms with Crippen molar-refractivity contribution in [2.45, 2.75) is 51.9 Å². The fourth-order valence-corrected chi connectivity index (χ4v) is 4.19. The Balaban J connectivity index is 0.00000341. The zero-order chi connectivity index (χ0) is 21.2. The van der Waals surface area contributed by atoms with E-state index in [0.29, 0.717) is 29.7 Å². The van der Waals surface area contributed by atoms with Crippen LogP contribution in [0.2, 0.25) is 5.02 Å². The first-order chi connectivity index (χ1) is 14.6. The van der Waals surface area contributed by atoms with Crippen LogP contribution in [-0.4, -0.2) is 47.4 Å². The zero-order valence-corrected chi connectivity index (χ0v) is 21.2. The van der Waals surface area contributed by atoms with Gasteiger partial charge in [-0.25, -0.2) is 0 Å². The minimum absolute atomic E-state index is 0. The Labute approximate surface area is 206 Å². The molecule has 1 aliphatic rings. The standard InChI is InChI=1S/C22H32ClN5O2.HI/c1-2-24-21(26-16-22(12-14-29)10-4-3-5-11-22)25-13-9-19-27-20(28-30-19)17-7-6-8-18(23)15-17;/h6-8,15,29H,2-5,9-14,16H2,1H3,(H2,24,25,26);1H. The highest BCUT2D eigenvalue weighted by atomic mass is 127. The Morgan fingerprint density at radius 3 is 2.77 bits per heavy atom. The van der Waals surface area contributed by atoms with Gasteiger partial charge in [0.05, 0.1) is 0 Å². The molecule has 1 aromatic heterocycles. The van der Waals surface area contributed by atoms with Crippen molar-refractivity contribution in [1.82, 2.24) is 20.8 Å². The molecule has 0 radical (unpaired) electrons. The predicted octanol–water partition coefficient (Wildman–Crippen LogP) is 4.44. The van der Waals surface area contributed by atoms with E-state index in [1.54, 1.807) is 0 Å². The molecule has 0 spiro atoms. The molecule has 172 valence electrons. The van der Waals surface area contributed by atoms with E-state index in [0.717, 1.165) is 43.9 Å². The van der Waals surface area contributed by atoms with Crippen molar-refractivity contribution in [1.29, 1.82) is 0 Å². The van der Waals surface area contributed by atoms with E-state index in [9.17, 15) is 5.11 Å². The first kappa shape index (κ1) is 25.9. The fourth-order valence-electron chi connectivity index (χ4n) is 4.00. The number of nitrogens with zero attached hydrogens (tertiary/aromatic N) is 3. The molecule has 0 bridgehead atoms. The SMILES string of the molecule is CCNC(=NCC1(CCO)CCCCC1)NCCc1nc(-c2cccc(Cl)c2)no1.I. The van der Waals surface area contributed by atoms with Crippen molar-refractivity contribution < 1.29 is 9.63 Å². The normalized spacial score (nSPS) is 15.9. The number of guanidine groups is 1. The highest BCUT2D eigenvalue weighted by molar-refractivity contribution is 14.0. The van der Waals surface area contributed by atoms with Gasteiger partial charge in [-0.15, -0.1) is 24.0 Å². The number of aliphatic hydroxyl groups is 1. The first-order valence-corrected chi connectivity index (χ1v) is 11.2. The highest BCUT2D eigenvalue weighted by Crippen LogP contribution is 2.39. The quantitative estimate of drug-likeness (QED) is 0.238. The molecule has 3 rings (SSSR count). The predicted molar refractivity (Wildman–Crippen MR) is 135 cm³/mol. The molecule has 0 unspecified atom stereocenters. The van der Waals surface area contributed by atoms with Crippen LogP contribution in [0.25, 0.3) is 11.4 Å². The van der Waals surface area contributed by atoms with Crippen LogP contribution in [0.3, 0.4) is 0 Å². The second kappa shape index (κ2) is 13.2. The van der Waals surface area contributed by atoms with Gasteiger partial charge in [0.15, 0.2) is 5.96 Å². The largest absolute Gasteiger partial charge is 0.396 e. The molecule has 31 heavy (non-hydrogen) atoms. The van der Waals surface area contributed by atoms with Crippen LogP contribution in [0.15, 0.2) is 33.8 Å². The first-order valence-electron chi connectivity index (χ1n) is 10.9. The van der Waals surface area contributed by atoms with Gasteiger partial charge in [-0.3, -0.25) is 4.99 Å². The second-order valence-electron chi connectivity index (χ2n) is 7.93. The van der Waals surface area contributed by atoms with E-state index in [4.69, 9.17) is 21.1 Å². The molecule has 1 aliphatic carbocycles. The number of nitrogens with one attached hydrogen (secondary N) is 2. The number of benzene rings is 1. The van der Waals surface area contributed by atoms with Gasteiger partial charge in [-0.2, -0.15) is 4.98 Å². The summed E-state index contributed by atoms with van der Waals surface area (Å²) in [6.45, 7) is 4.44. The molecule has 9 heteroatoms. The topological polar surface area (TPSA) is 95.6 Å². The average Bonchev–Trinajstić information content (AvgIpc) is 3.22. The number of hydrogen-bond acceptors (Lipinski definition) is 5. The fraction of sp³-hybridized carbons (Fsp3) is 0.591. The Kier molecular flexibility index (Phi) is 11.0. The van der Waals surface area contributed by atoms with E-state index in [-0.39, 0.29) is 36.0 Å². The number of aliphatic hydroxyl groups excluding tert-OH is 1. The summed E-state index contributed by atoms with van der Waals surface area (Å²) < 4.78 is 5.37. The van der Waals surface area contributed by atoms with Crippen LogP contribution < -0.4 is 10.6 Å². The molecule has 0 atom stereocenters. The van der Waals surface area contributed by atoms with Gasteiger partial charge >= 0.3 is 0 Å². The molecule has 2 aromatic rings. The Morgan fingerprint density at radius 1 is 1.26 bits per heavy atom. The maximum absolute atomic E-state index is 9.51. The third-order valence-corrected chi connectivity index (χ3v) is 5.89. The molecular formula is C22H33ClIN5O2. The molecular weight excluding hydrogens is 529 g/mol. The van der Waals surface area contributed by atoms with Gasteiger partial charge < -0.3 is 20.3 Å². The lowest BCUT2D eigenvalue weighted by molar-refractivity contribution is 0.137. The number of halogens is 2. The summed E-state index contributed by atoms with van der Waals surface area (Å²) in [5.74, 6) is 1.89. The Hall–Kier alpha value is -1.39. The van der Waals surface area contributed by atoms with E-state index in [2.05, 4.69) is 27.7 Å². The lowest BCUT2D eigenvalue weighted by Gasteiger charge is -2.35. The average molecular weight is 562 g/mol. The highest BCUT2D eigenvalue weighted by Gasteiger charge is 2.31. The molecule has 0 aliphatic heterocycles. The van der Waals surface area contributed by atoms with Crippen molar-refractivity contribution in [2.24, 2.45) is 10.4 Å². The Morgan fingerprint density at radius 2 is 2.06 bits per heavy atom. The monoisotopic (exact) mass is 561 g/mol. The molecule has 1 saturated carbocycles. The minimum Gasteiger partial charge on any atom is -0.396 e. The Bertz CT molecular complexity index is 818. The zero-order valence-electron chi connectivity index (χ0n) is 18.1. The summed E-state index contributed by atoms with van der Waals surface area (Å²) in [5.41, 5.74) is 0.968. The molecule has 1 fully saturated rings. The molecule has 3 N–H and O–H groups in total. The number of aliphatic imine (C=N–C) groups is 1. The summed E-state index contributed by atoms with van der Waals surface area (Å²) in [5, 5.41) is 20.9. The van der Waals surface area contributed by atoms with Gasteiger partial charge in [-0.1, -0.05) is 48.2 Å². The van der Waals surface area contributed by atoms with E-state index in [1.165, 1.54) is 19.3 Å². The van der Waals surface area contributed by atoms with E-state index in [1.807, 2.05) is 24.3 Å². The van der Waals surface area contributed by atoms with Gasteiger partial charge in [0, 0.05) is 43.2 Å². The van der Waals surface area contributed by atoms with Crippen molar-refractivity contribution in [3.05, 3.63) is 35.2 Å². The second-order valence-corrected chi connectivity index (χ2v) is 8.36. The van der Waals surface area contributed by atoms with Crippen LogP contribution >= 0.6 is 35.6 Å². The number of aromatic nitrogens is 2. The van der Waals surface area contributed by atoms with E-state index < -0.39 is 0 Å². The van der Waals surface area contributed by atoms with Crippen molar-refractivity contribution in [2.75, 3.05) is 26.2 Å². The van der Waals surface area contributed by atoms with Crippen LogP contribution in [0.5, 0.6) is 0 Å². The van der Waals surface area contributed by atoms with Crippen LogP contribution in [0.1, 0.15) is 51.3 Å². The summed E-state index contributed by atoms with van der Waals surface area (Å²) in [4.78, 5) is 9.28. The minimum atomic E-state index is 0. The lowest BCUT2D eigenvalue weighted by atomic mass is 9.72. The van der Waals surface area contributed by atoms with Crippen LogP contribution in [-0.2, 0) is 6.42 Å². The molecule has 0 saturated heterocycles. The number of rotatable bonds is 9. The number of hydrogen-bond donors (Lipinski definition) is 3. The van der Waals surface area contributed by atoms with Gasteiger partial charge in [0.25, 0.3) is 0 Å². The smallest absolute Gasteiger partial charge is 0.228 e. The summed E-state index contributed by atoms with van der Waals surface area (Å²) in [7, 11) is 0. The summed E-state index contributed by atoms with van der Waals surface area (Å²) in [6.07, 6.45) is 7.45. The maximum Gasteiger partial charge on any atom is 0.228 e. The summed E-state index contributed by atoms with van der Waals surface area (Å²) in [6, 6.07) is 7.40. The van der Waals surface area contributed by atoms with Crippen LogP contribution in [0.4, 0.5) is 0 Å². The molecule has 0 amide bonds. The van der Waals surface area contributed by atoms with Crippen LogP contribution in [0, 0.1) is 5.41 Å². The van der Waals surface area contributed by atoms with Gasteiger partial charge in [0.2, 0.25) is 11.7 Å². The molecule has 7 nitrogen and oxygen atoms in total. The van der Waals surface area contributed by atoms with Gasteiger partial charge in [0.1, 0.15) is 0 Å². The summed E-state index contributed by atoms with van der Waals surface area (Å²) >= 11 is 6.03. The van der Waals surface area contributed by atoms with Crippen molar-refractivity contribution in [3.63, 3.8) is 0 Å². The molecule has 1 heterocycles. The van der Waals surface area contributed by atoms with Crippen molar-refractivity contribution in [3.8, 4) is 11.4 Å². The maximum atomic E-state index is 9.51. The molecule has 1 aromatic carbocycles.